The highest BCUT2D eigenvalue weighted by Gasteiger charge is 2.21. The topological polar surface area (TPSA) is 64.9 Å². The van der Waals surface area contributed by atoms with Gasteiger partial charge in [0.15, 0.2) is 5.82 Å². The van der Waals surface area contributed by atoms with Gasteiger partial charge in [0.1, 0.15) is 17.6 Å². The molecule has 2 aromatic heterocycles. The second kappa shape index (κ2) is 7.59. The molecule has 0 spiro atoms. The number of rotatable bonds is 6. The summed E-state index contributed by atoms with van der Waals surface area (Å²) in [6.45, 7) is 0. The van der Waals surface area contributed by atoms with Crippen LogP contribution in [0.5, 0.6) is 5.75 Å². The lowest BCUT2D eigenvalue weighted by Crippen LogP contribution is -2.16. The van der Waals surface area contributed by atoms with Crippen molar-refractivity contribution in [1.82, 2.24) is 18.9 Å². The van der Waals surface area contributed by atoms with Crippen molar-refractivity contribution in [2.24, 2.45) is 7.05 Å². The number of aryl methyl sites for hydroxylation is 1. The molecular weight excluding hydrogens is 358 g/mol. The SMILES string of the molecule is COc1cccc(C(Nc2nc(-c3ccccc3)ns2)c2nccn2C)c1. The number of imidazole rings is 1. The van der Waals surface area contributed by atoms with Crippen molar-refractivity contribution in [3.63, 3.8) is 0 Å². The minimum Gasteiger partial charge on any atom is -0.497 e. The number of ether oxygens (including phenoxy) is 1. The number of hydrogen-bond donors (Lipinski definition) is 1. The third-order valence-corrected chi connectivity index (χ3v) is 4.92. The van der Waals surface area contributed by atoms with E-state index in [1.165, 1.54) is 11.5 Å². The lowest BCUT2D eigenvalue weighted by molar-refractivity contribution is 0.414. The molecule has 2 aromatic carbocycles. The molecule has 2 heterocycles. The van der Waals surface area contributed by atoms with Crippen LogP contribution in [0.25, 0.3) is 11.4 Å². The lowest BCUT2D eigenvalue weighted by atomic mass is 10.1. The van der Waals surface area contributed by atoms with Gasteiger partial charge in [-0.2, -0.15) is 9.36 Å². The van der Waals surface area contributed by atoms with Gasteiger partial charge in [-0.3, -0.25) is 0 Å². The van der Waals surface area contributed by atoms with E-state index >= 15 is 0 Å². The predicted octanol–water partition coefficient (Wildman–Crippen LogP) is 4.15. The molecule has 136 valence electrons. The Morgan fingerprint density at radius 2 is 1.96 bits per heavy atom. The second-order valence-corrected chi connectivity index (χ2v) is 6.79. The fourth-order valence-electron chi connectivity index (χ4n) is 2.88. The van der Waals surface area contributed by atoms with Crippen molar-refractivity contribution in [1.29, 1.82) is 0 Å². The molecule has 0 radical (unpaired) electrons. The van der Waals surface area contributed by atoms with Crippen LogP contribution < -0.4 is 10.1 Å². The number of nitrogens with one attached hydrogen (secondary N) is 1. The first-order valence-electron chi connectivity index (χ1n) is 8.51. The summed E-state index contributed by atoms with van der Waals surface area (Å²) < 4.78 is 11.9. The van der Waals surface area contributed by atoms with Crippen molar-refractivity contribution in [2.75, 3.05) is 12.4 Å². The standard InChI is InChI=1S/C20H19N5OS/c1-25-12-11-21-19(25)17(15-9-6-10-16(13-15)26-2)22-20-23-18(24-27-20)14-7-4-3-5-8-14/h3-13,17H,1-2H3,(H,22,23,24). The van der Waals surface area contributed by atoms with E-state index < -0.39 is 0 Å². The molecule has 27 heavy (non-hydrogen) atoms. The van der Waals surface area contributed by atoms with E-state index in [-0.39, 0.29) is 6.04 Å². The maximum atomic E-state index is 5.38. The van der Waals surface area contributed by atoms with Crippen LogP contribution in [0.2, 0.25) is 0 Å². The van der Waals surface area contributed by atoms with Crippen molar-refractivity contribution in [2.45, 2.75) is 6.04 Å². The minimum atomic E-state index is -0.170. The molecule has 4 rings (SSSR count). The zero-order chi connectivity index (χ0) is 18.6. The van der Waals surface area contributed by atoms with Gasteiger partial charge in [0, 0.05) is 36.5 Å². The molecular formula is C20H19N5OS. The van der Waals surface area contributed by atoms with Crippen LogP contribution in [-0.4, -0.2) is 26.0 Å². The first-order chi connectivity index (χ1) is 13.2. The van der Waals surface area contributed by atoms with Crippen LogP contribution in [-0.2, 0) is 7.05 Å². The number of methoxy groups -OCH3 is 1. The lowest BCUT2D eigenvalue weighted by Gasteiger charge is -2.19. The second-order valence-electron chi connectivity index (χ2n) is 6.04. The molecule has 0 bridgehead atoms. The van der Waals surface area contributed by atoms with E-state index in [1.54, 1.807) is 13.3 Å². The van der Waals surface area contributed by atoms with Gasteiger partial charge in [-0.15, -0.1) is 0 Å². The van der Waals surface area contributed by atoms with Gasteiger partial charge in [-0.1, -0.05) is 42.5 Å². The van der Waals surface area contributed by atoms with E-state index in [2.05, 4.69) is 19.7 Å². The number of nitrogens with zero attached hydrogens (tertiary/aromatic N) is 4. The Bertz CT molecular complexity index is 1030. The monoisotopic (exact) mass is 377 g/mol. The molecule has 1 atom stereocenters. The summed E-state index contributed by atoms with van der Waals surface area (Å²) in [5, 5.41) is 4.23. The predicted molar refractivity (Wildman–Crippen MR) is 107 cm³/mol. The summed E-state index contributed by atoms with van der Waals surface area (Å²) in [6, 6.07) is 17.7. The fourth-order valence-corrected chi connectivity index (χ4v) is 3.50. The molecule has 4 aromatic rings. The van der Waals surface area contributed by atoms with Crippen LogP contribution in [0.3, 0.4) is 0 Å². The molecule has 0 aliphatic heterocycles. The average molecular weight is 377 g/mol. The Kier molecular flexibility index (Phi) is 4.84. The van der Waals surface area contributed by atoms with Crippen molar-refractivity contribution in [3.05, 3.63) is 78.4 Å². The fraction of sp³-hybridized carbons (Fsp3) is 0.150. The maximum absolute atomic E-state index is 5.38. The summed E-state index contributed by atoms with van der Waals surface area (Å²) in [5.74, 6) is 2.41. The van der Waals surface area contributed by atoms with Crippen molar-refractivity contribution in [3.8, 4) is 17.1 Å². The molecule has 1 N–H and O–H groups in total. The van der Waals surface area contributed by atoms with Gasteiger partial charge in [0.05, 0.1) is 7.11 Å². The molecule has 7 heteroatoms. The average Bonchev–Trinajstić information content (AvgIpc) is 3.36. The first-order valence-corrected chi connectivity index (χ1v) is 9.29. The summed E-state index contributed by atoms with van der Waals surface area (Å²) >= 11 is 1.34. The van der Waals surface area contributed by atoms with E-state index in [0.29, 0.717) is 5.82 Å². The molecule has 0 saturated heterocycles. The summed E-state index contributed by atoms with van der Waals surface area (Å²) in [6.07, 6.45) is 3.72. The number of anilines is 1. The Hall–Kier alpha value is -3.19. The van der Waals surface area contributed by atoms with Gasteiger partial charge in [-0.25, -0.2) is 4.98 Å². The highest BCUT2D eigenvalue weighted by molar-refractivity contribution is 7.09. The van der Waals surface area contributed by atoms with Crippen LogP contribution >= 0.6 is 11.5 Å². The quantitative estimate of drug-likeness (QED) is 0.547. The van der Waals surface area contributed by atoms with Gasteiger partial charge in [0.25, 0.3) is 0 Å². The largest absolute Gasteiger partial charge is 0.497 e. The highest BCUT2D eigenvalue weighted by Crippen LogP contribution is 2.30. The Labute approximate surface area is 161 Å². The van der Waals surface area contributed by atoms with Crippen LogP contribution in [0.1, 0.15) is 17.4 Å². The smallest absolute Gasteiger partial charge is 0.203 e. The van der Waals surface area contributed by atoms with E-state index in [9.17, 15) is 0 Å². The van der Waals surface area contributed by atoms with Gasteiger partial charge in [-0.05, 0) is 17.7 Å². The van der Waals surface area contributed by atoms with E-state index in [0.717, 1.165) is 27.8 Å². The Balaban J connectivity index is 1.68. The highest BCUT2D eigenvalue weighted by atomic mass is 32.1. The van der Waals surface area contributed by atoms with Crippen LogP contribution in [0.4, 0.5) is 5.13 Å². The third kappa shape index (κ3) is 3.68. The van der Waals surface area contributed by atoms with Crippen LogP contribution in [0, 0.1) is 0 Å². The van der Waals surface area contributed by atoms with Crippen molar-refractivity contribution < 1.29 is 4.74 Å². The number of aromatic nitrogens is 4. The van der Waals surface area contributed by atoms with E-state index in [1.807, 2.05) is 72.4 Å². The van der Waals surface area contributed by atoms with Gasteiger partial charge in [0.2, 0.25) is 5.13 Å². The molecule has 0 saturated carbocycles. The normalized spacial score (nSPS) is 11.9. The number of hydrogen-bond acceptors (Lipinski definition) is 6. The Morgan fingerprint density at radius 1 is 1.11 bits per heavy atom. The molecule has 0 amide bonds. The third-order valence-electron chi connectivity index (χ3n) is 4.27. The molecule has 0 aliphatic rings. The maximum Gasteiger partial charge on any atom is 0.203 e. The zero-order valence-electron chi connectivity index (χ0n) is 15.0. The molecule has 0 fully saturated rings. The van der Waals surface area contributed by atoms with Gasteiger partial charge >= 0.3 is 0 Å². The Morgan fingerprint density at radius 3 is 2.70 bits per heavy atom. The van der Waals surface area contributed by atoms with Crippen molar-refractivity contribution >= 4 is 16.7 Å². The zero-order valence-corrected chi connectivity index (χ0v) is 15.9. The molecule has 0 aliphatic carbocycles. The number of benzene rings is 2. The van der Waals surface area contributed by atoms with E-state index in [4.69, 9.17) is 4.74 Å². The summed E-state index contributed by atoms with van der Waals surface area (Å²) in [7, 11) is 3.64. The minimum absolute atomic E-state index is 0.170. The van der Waals surface area contributed by atoms with Crippen LogP contribution in [0.15, 0.2) is 67.0 Å². The summed E-state index contributed by atoms with van der Waals surface area (Å²) in [4.78, 5) is 9.18. The first kappa shape index (κ1) is 17.2. The van der Waals surface area contributed by atoms with Gasteiger partial charge < -0.3 is 14.6 Å². The summed E-state index contributed by atoms with van der Waals surface area (Å²) in [5.41, 5.74) is 2.04. The molecule has 1 unspecified atom stereocenters. The molecule has 6 nitrogen and oxygen atoms in total.